The molecular weight excluding hydrogens is 339 g/mol. The summed E-state index contributed by atoms with van der Waals surface area (Å²) in [6.07, 6.45) is 0. The van der Waals surface area contributed by atoms with Gasteiger partial charge in [-0.05, 0) is 57.4 Å². The van der Waals surface area contributed by atoms with Crippen LogP contribution in [0.4, 0.5) is 14.5 Å². The Morgan fingerprint density at radius 2 is 1.42 bits per heavy atom. The normalized spacial score (nSPS) is 18.0. The first-order chi connectivity index (χ1) is 12.1. The van der Waals surface area contributed by atoms with Crippen LogP contribution in [0.2, 0.25) is 0 Å². The lowest BCUT2D eigenvalue weighted by Crippen LogP contribution is -2.41. The molecule has 0 atom stereocenters. The molecule has 3 rings (SSSR count). The third-order valence-electron chi connectivity index (χ3n) is 4.88. The lowest BCUT2D eigenvalue weighted by atomic mass is 9.79. The third kappa shape index (κ3) is 3.37. The van der Waals surface area contributed by atoms with E-state index >= 15 is 0 Å². The molecule has 1 fully saturated rings. The first-order valence-corrected chi connectivity index (χ1v) is 8.32. The van der Waals surface area contributed by atoms with Crippen molar-refractivity contribution in [3.8, 4) is 0 Å². The van der Waals surface area contributed by atoms with Crippen LogP contribution in [-0.2, 0) is 9.31 Å². The van der Waals surface area contributed by atoms with Crippen molar-refractivity contribution < 1.29 is 22.9 Å². The number of halogens is 2. The zero-order chi connectivity index (χ0) is 19.1. The Balaban J connectivity index is 1.74. The topological polar surface area (TPSA) is 47.6 Å². The Kier molecular flexibility index (Phi) is 4.62. The zero-order valence-electron chi connectivity index (χ0n) is 15.1. The van der Waals surface area contributed by atoms with Gasteiger partial charge in [-0.2, -0.15) is 0 Å². The standard InChI is InChI=1S/C19H20BF2NO3/c1-18(2)19(3,4)26-20(25-18)12-8-10-13(11-9-12)23-17(24)16-14(21)6-5-7-15(16)22/h5-11H,1-4H3,(H,23,24). The maximum atomic E-state index is 13.7. The van der Waals surface area contributed by atoms with Crippen molar-refractivity contribution in [1.82, 2.24) is 0 Å². The van der Waals surface area contributed by atoms with Gasteiger partial charge in [0.1, 0.15) is 17.2 Å². The van der Waals surface area contributed by atoms with Gasteiger partial charge < -0.3 is 14.6 Å². The fourth-order valence-electron chi connectivity index (χ4n) is 2.61. The van der Waals surface area contributed by atoms with E-state index in [1.54, 1.807) is 24.3 Å². The van der Waals surface area contributed by atoms with Crippen LogP contribution in [0.3, 0.4) is 0 Å². The minimum absolute atomic E-state index is 0.415. The number of amides is 1. The maximum absolute atomic E-state index is 13.7. The second-order valence-electron chi connectivity index (χ2n) is 7.26. The highest BCUT2D eigenvalue weighted by molar-refractivity contribution is 6.62. The molecule has 0 aromatic heterocycles. The van der Waals surface area contributed by atoms with Gasteiger partial charge in [0.2, 0.25) is 0 Å². The van der Waals surface area contributed by atoms with Gasteiger partial charge in [-0.15, -0.1) is 0 Å². The molecule has 136 valence electrons. The van der Waals surface area contributed by atoms with Crippen LogP contribution in [0.5, 0.6) is 0 Å². The molecule has 7 heteroatoms. The van der Waals surface area contributed by atoms with Crippen molar-refractivity contribution in [2.45, 2.75) is 38.9 Å². The predicted octanol–water partition coefficient (Wildman–Crippen LogP) is 3.52. The van der Waals surface area contributed by atoms with E-state index in [9.17, 15) is 13.6 Å². The maximum Gasteiger partial charge on any atom is 0.494 e. The fourth-order valence-corrected chi connectivity index (χ4v) is 2.61. The smallest absolute Gasteiger partial charge is 0.399 e. The van der Waals surface area contributed by atoms with E-state index in [1.165, 1.54) is 6.07 Å². The van der Waals surface area contributed by atoms with Gasteiger partial charge in [-0.25, -0.2) is 8.78 Å². The number of benzene rings is 2. The first kappa shape index (κ1) is 18.5. The van der Waals surface area contributed by atoms with E-state index in [0.29, 0.717) is 5.69 Å². The molecule has 0 bridgehead atoms. The van der Waals surface area contributed by atoms with Crippen molar-refractivity contribution in [2.24, 2.45) is 0 Å². The molecule has 0 unspecified atom stereocenters. The SMILES string of the molecule is CC1(C)OB(c2ccc(NC(=O)c3c(F)cccc3F)cc2)OC1(C)C. The van der Waals surface area contributed by atoms with Gasteiger partial charge >= 0.3 is 7.12 Å². The molecule has 0 saturated carbocycles. The van der Waals surface area contributed by atoms with Crippen LogP contribution in [0.25, 0.3) is 0 Å². The summed E-state index contributed by atoms with van der Waals surface area (Å²) in [6, 6.07) is 10.1. The molecule has 1 aliphatic rings. The van der Waals surface area contributed by atoms with Gasteiger partial charge in [0.05, 0.1) is 11.2 Å². The number of carbonyl (C=O) groups is 1. The quantitative estimate of drug-likeness (QED) is 0.854. The second-order valence-corrected chi connectivity index (χ2v) is 7.26. The summed E-state index contributed by atoms with van der Waals surface area (Å²) in [6.45, 7) is 7.85. The van der Waals surface area contributed by atoms with Crippen molar-refractivity contribution >= 4 is 24.2 Å². The summed E-state index contributed by atoms with van der Waals surface area (Å²) in [4.78, 5) is 12.1. The lowest BCUT2D eigenvalue weighted by molar-refractivity contribution is 0.00578. The average molecular weight is 359 g/mol. The van der Waals surface area contributed by atoms with Crippen LogP contribution in [-0.4, -0.2) is 24.2 Å². The van der Waals surface area contributed by atoms with Crippen LogP contribution in [0.15, 0.2) is 42.5 Å². The molecule has 1 aliphatic heterocycles. The molecule has 1 amide bonds. The Morgan fingerprint density at radius 3 is 1.92 bits per heavy atom. The largest absolute Gasteiger partial charge is 0.494 e. The highest BCUT2D eigenvalue weighted by Crippen LogP contribution is 2.36. The highest BCUT2D eigenvalue weighted by atomic mass is 19.1. The highest BCUT2D eigenvalue weighted by Gasteiger charge is 2.51. The van der Waals surface area contributed by atoms with E-state index in [-0.39, 0.29) is 0 Å². The summed E-state index contributed by atoms with van der Waals surface area (Å²) in [5.74, 6) is -2.66. The van der Waals surface area contributed by atoms with Crippen LogP contribution in [0, 0.1) is 11.6 Å². The monoisotopic (exact) mass is 359 g/mol. The summed E-state index contributed by atoms with van der Waals surface area (Å²) < 4.78 is 39.3. The zero-order valence-corrected chi connectivity index (χ0v) is 15.1. The minimum atomic E-state index is -0.906. The van der Waals surface area contributed by atoms with E-state index in [4.69, 9.17) is 9.31 Å². The molecule has 2 aromatic carbocycles. The van der Waals surface area contributed by atoms with E-state index in [0.717, 1.165) is 17.6 Å². The van der Waals surface area contributed by atoms with E-state index in [2.05, 4.69) is 5.32 Å². The number of carbonyl (C=O) groups excluding carboxylic acids is 1. The number of hydrogen-bond donors (Lipinski definition) is 1. The fraction of sp³-hybridized carbons (Fsp3) is 0.316. The molecule has 1 saturated heterocycles. The van der Waals surface area contributed by atoms with Gasteiger partial charge in [-0.3, -0.25) is 4.79 Å². The van der Waals surface area contributed by atoms with Crippen molar-refractivity contribution in [2.75, 3.05) is 5.32 Å². The number of nitrogens with one attached hydrogen (secondary N) is 1. The Morgan fingerprint density at radius 1 is 0.923 bits per heavy atom. The molecular formula is C19H20BF2NO3. The summed E-state index contributed by atoms with van der Waals surface area (Å²) in [5, 5.41) is 2.49. The van der Waals surface area contributed by atoms with Gasteiger partial charge in [0, 0.05) is 5.69 Å². The molecule has 1 heterocycles. The Labute approximate surface area is 151 Å². The lowest BCUT2D eigenvalue weighted by Gasteiger charge is -2.32. The Bertz CT molecular complexity index is 801. The number of hydrogen-bond acceptors (Lipinski definition) is 3. The van der Waals surface area contributed by atoms with Crippen LogP contribution < -0.4 is 10.8 Å². The van der Waals surface area contributed by atoms with Crippen molar-refractivity contribution in [1.29, 1.82) is 0 Å². The number of rotatable bonds is 3. The Hall–Kier alpha value is -2.25. The molecule has 4 nitrogen and oxygen atoms in total. The third-order valence-corrected chi connectivity index (χ3v) is 4.88. The van der Waals surface area contributed by atoms with Crippen molar-refractivity contribution in [3.63, 3.8) is 0 Å². The molecule has 26 heavy (non-hydrogen) atoms. The van der Waals surface area contributed by atoms with Crippen LogP contribution in [0.1, 0.15) is 38.1 Å². The summed E-state index contributed by atoms with van der Waals surface area (Å²) >= 11 is 0. The molecule has 0 spiro atoms. The predicted molar refractivity (Wildman–Crippen MR) is 96.5 cm³/mol. The van der Waals surface area contributed by atoms with E-state index < -0.39 is 41.4 Å². The van der Waals surface area contributed by atoms with Crippen LogP contribution >= 0.6 is 0 Å². The van der Waals surface area contributed by atoms with E-state index in [1.807, 2.05) is 27.7 Å². The minimum Gasteiger partial charge on any atom is -0.399 e. The van der Waals surface area contributed by atoms with Crippen molar-refractivity contribution in [3.05, 3.63) is 59.7 Å². The molecule has 0 aliphatic carbocycles. The van der Waals surface area contributed by atoms with Gasteiger partial charge in [0.15, 0.2) is 0 Å². The summed E-state index contributed by atoms with van der Waals surface area (Å²) in [7, 11) is -0.520. The summed E-state index contributed by atoms with van der Waals surface area (Å²) in [5.41, 5.74) is -0.306. The van der Waals surface area contributed by atoms with Gasteiger partial charge in [-0.1, -0.05) is 18.2 Å². The molecule has 1 N–H and O–H groups in total. The first-order valence-electron chi connectivity index (χ1n) is 8.32. The second kappa shape index (κ2) is 6.48. The number of anilines is 1. The molecule has 0 radical (unpaired) electrons. The van der Waals surface area contributed by atoms with Gasteiger partial charge in [0.25, 0.3) is 5.91 Å². The molecule has 2 aromatic rings. The average Bonchev–Trinajstić information content (AvgIpc) is 2.76.